The third kappa shape index (κ3) is 3.68. The lowest BCUT2D eigenvalue weighted by Crippen LogP contribution is -2.31. The van der Waals surface area contributed by atoms with Crippen LogP contribution in [0.1, 0.15) is 28.8 Å². The number of halogens is 1. The summed E-state index contributed by atoms with van der Waals surface area (Å²) < 4.78 is 0. The number of benzene rings is 1. The summed E-state index contributed by atoms with van der Waals surface area (Å²) >= 11 is 6.10. The maximum Gasteiger partial charge on any atom is 0.317 e. The molecule has 102 valence electrons. The van der Waals surface area contributed by atoms with E-state index in [0.29, 0.717) is 23.2 Å². The highest BCUT2D eigenvalue weighted by Gasteiger charge is 2.30. The Hall–Kier alpha value is -1.59. The van der Waals surface area contributed by atoms with Crippen LogP contribution in [0.3, 0.4) is 0 Å². The van der Waals surface area contributed by atoms with Gasteiger partial charge in [0.1, 0.15) is 0 Å². The average molecular weight is 283 g/mol. The lowest BCUT2D eigenvalue weighted by atomic mass is 10.1. The van der Waals surface area contributed by atoms with Crippen LogP contribution >= 0.6 is 11.6 Å². The topological polar surface area (TPSA) is 83.6 Å². The highest BCUT2D eigenvalue weighted by atomic mass is 35.5. The average Bonchev–Trinajstić information content (AvgIpc) is 3.13. The number of hydrogen-bond acceptors (Lipinski definition) is 3. The predicted octanol–water partition coefficient (Wildman–Crippen LogP) is 1.49. The van der Waals surface area contributed by atoms with Crippen LogP contribution < -0.4 is 5.73 Å². The van der Waals surface area contributed by atoms with Crippen LogP contribution in [-0.2, 0) is 11.3 Å². The second-order valence-electron chi connectivity index (χ2n) is 4.70. The van der Waals surface area contributed by atoms with Gasteiger partial charge in [-0.25, -0.2) is 0 Å². The van der Waals surface area contributed by atoms with E-state index in [1.54, 1.807) is 12.1 Å². The number of carbonyl (C=O) groups is 2. The van der Waals surface area contributed by atoms with Crippen molar-refractivity contribution >= 4 is 23.5 Å². The van der Waals surface area contributed by atoms with Crippen molar-refractivity contribution in [1.29, 1.82) is 0 Å². The second-order valence-corrected chi connectivity index (χ2v) is 5.11. The molecule has 1 saturated carbocycles. The monoisotopic (exact) mass is 282 g/mol. The number of nitrogens with two attached hydrogens (primary N) is 1. The second kappa shape index (κ2) is 5.59. The van der Waals surface area contributed by atoms with Gasteiger partial charge in [-0.15, -0.1) is 0 Å². The van der Waals surface area contributed by atoms with Gasteiger partial charge < -0.3 is 10.8 Å². The van der Waals surface area contributed by atoms with E-state index in [4.69, 9.17) is 22.4 Å². The molecule has 1 aliphatic rings. The third-order valence-corrected chi connectivity index (χ3v) is 3.46. The first-order valence-electron chi connectivity index (χ1n) is 6.01. The zero-order chi connectivity index (χ0) is 14.0. The molecule has 0 aliphatic heterocycles. The Morgan fingerprint density at radius 2 is 2.11 bits per heavy atom. The highest BCUT2D eigenvalue weighted by Crippen LogP contribution is 2.29. The van der Waals surface area contributed by atoms with Gasteiger partial charge in [0.25, 0.3) is 0 Å². The molecule has 0 atom stereocenters. The normalized spacial score (nSPS) is 14.6. The van der Waals surface area contributed by atoms with Crippen LogP contribution in [0, 0.1) is 0 Å². The molecule has 1 amide bonds. The SMILES string of the molecule is NC(=O)c1ccc(CN(CC(=O)O)C2CC2)c(Cl)c1. The van der Waals surface area contributed by atoms with Crippen molar-refractivity contribution in [3.05, 3.63) is 34.3 Å². The number of primary amides is 1. The number of carboxylic acids is 1. The fourth-order valence-electron chi connectivity index (χ4n) is 1.98. The van der Waals surface area contributed by atoms with Crippen molar-refractivity contribution in [2.75, 3.05) is 6.54 Å². The van der Waals surface area contributed by atoms with E-state index in [1.165, 1.54) is 6.07 Å². The zero-order valence-electron chi connectivity index (χ0n) is 10.3. The minimum Gasteiger partial charge on any atom is -0.480 e. The number of carboxylic acid groups (broad SMARTS) is 1. The summed E-state index contributed by atoms with van der Waals surface area (Å²) in [5, 5.41) is 9.33. The Morgan fingerprint density at radius 3 is 2.58 bits per heavy atom. The van der Waals surface area contributed by atoms with Gasteiger partial charge in [0.05, 0.1) is 6.54 Å². The Labute approximate surface area is 116 Å². The molecule has 2 rings (SSSR count). The Morgan fingerprint density at radius 1 is 1.42 bits per heavy atom. The molecule has 19 heavy (non-hydrogen) atoms. The molecule has 0 spiro atoms. The molecule has 1 aromatic rings. The first kappa shape index (κ1) is 13.8. The highest BCUT2D eigenvalue weighted by molar-refractivity contribution is 6.31. The van der Waals surface area contributed by atoms with Gasteiger partial charge in [-0.05, 0) is 30.5 Å². The first-order chi connectivity index (χ1) is 8.97. The summed E-state index contributed by atoms with van der Waals surface area (Å²) in [6.45, 7) is 0.466. The number of nitrogens with zero attached hydrogens (tertiary/aromatic N) is 1. The molecule has 0 unspecified atom stereocenters. The quantitative estimate of drug-likeness (QED) is 0.828. The Bertz CT molecular complexity index is 515. The van der Waals surface area contributed by atoms with Gasteiger partial charge in [-0.2, -0.15) is 0 Å². The van der Waals surface area contributed by atoms with Gasteiger partial charge >= 0.3 is 5.97 Å². The summed E-state index contributed by atoms with van der Waals surface area (Å²) in [4.78, 5) is 23.7. The van der Waals surface area contributed by atoms with Crippen molar-refractivity contribution in [2.24, 2.45) is 5.73 Å². The summed E-state index contributed by atoms with van der Waals surface area (Å²) in [6.07, 6.45) is 2.04. The van der Waals surface area contributed by atoms with E-state index >= 15 is 0 Å². The van der Waals surface area contributed by atoms with Gasteiger partial charge in [0, 0.05) is 23.2 Å². The van der Waals surface area contributed by atoms with Crippen molar-refractivity contribution in [2.45, 2.75) is 25.4 Å². The molecule has 0 aromatic heterocycles. The molecular weight excluding hydrogens is 268 g/mol. The molecule has 3 N–H and O–H groups in total. The van der Waals surface area contributed by atoms with Crippen LogP contribution in [0.15, 0.2) is 18.2 Å². The molecular formula is C13H15ClN2O3. The largest absolute Gasteiger partial charge is 0.480 e. The van der Waals surface area contributed by atoms with Crippen LogP contribution in [0.2, 0.25) is 5.02 Å². The van der Waals surface area contributed by atoms with E-state index < -0.39 is 11.9 Å². The Balaban J connectivity index is 2.12. The molecule has 6 heteroatoms. The summed E-state index contributed by atoms with van der Waals surface area (Å²) in [5.74, 6) is -1.38. The molecule has 1 aromatic carbocycles. The summed E-state index contributed by atoms with van der Waals surface area (Å²) in [6, 6.07) is 5.17. The van der Waals surface area contributed by atoms with E-state index in [1.807, 2.05) is 4.90 Å². The van der Waals surface area contributed by atoms with E-state index in [-0.39, 0.29) is 6.54 Å². The number of aliphatic carboxylic acids is 1. The number of carbonyl (C=O) groups excluding carboxylic acids is 1. The fourth-order valence-corrected chi connectivity index (χ4v) is 2.22. The summed E-state index contributed by atoms with van der Waals surface area (Å²) in [7, 11) is 0. The molecule has 0 radical (unpaired) electrons. The Kier molecular flexibility index (Phi) is 4.07. The molecule has 0 bridgehead atoms. The fraction of sp³-hybridized carbons (Fsp3) is 0.385. The van der Waals surface area contributed by atoms with Crippen molar-refractivity contribution in [1.82, 2.24) is 4.90 Å². The molecule has 1 fully saturated rings. The van der Waals surface area contributed by atoms with Gasteiger partial charge in [0.15, 0.2) is 0 Å². The molecule has 5 nitrogen and oxygen atoms in total. The van der Waals surface area contributed by atoms with Gasteiger partial charge in [-0.3, -0.25) is 14.5 Å². The number of rotatable bonds is 6. The maximum absolute atomic E-state index is 11.0. The van der Waals surface area contributed by atoms with Crippen LogP contribution in [0.5, 0.6) is 0 Å². The maximum atomic E-state index is 11.0. The van der Waals surface area contributed by atoms with Gasteiger partial charge in [0.2, 0.25) is 5.91 Å². The molecule has 0 heterocycles. The van der Waals surface area contributed by atoms with Crippen molar-refractivity contribution in [3.63, 3.8) is 0 Å². The lowest BCUT2D eigenvalue weighted by molar-refractivity contribution is -0.138. The number of hydrogen-bond donors (Lipinski definition) is 2. The number of amides is 1. The van der Waals surface area contributed by atoms with Gasteiger partial charge in [-0.1, -0.05) is 17.7 Å². The van der Waals surface area contributed by atoms with Crippen molar-refractivity contribution < 1.29 is 14.7 Å². The lowest BCUT2D eigenvalue weighted by Gasteiger charge is -2.20. The van der Waals surface area contributed by atoms with Crippen LogP contribution in [0.4, 0.5) is 0 Å². The summed E-state index contributed by atoms with van der Waals surface area (Å²) in [5.41, 5.74) is 6.33. The van der Waals surface area contributed by atoms with E-state index in [9.17, 15) is 9.59 Å². The van der Waals surface area contributed by atoms with Crippen molar-refractivity contribution in [3.8, 4) is 0 Å². The van der Waals surface area contributed by atoms with Crippen LogP contribution in [-0.4, -0.2) is 34.5 Å². The zero-order valence-corrected chi connectivity index (χ0v) is 11.1. The minimum atomic E-state index is -0.850. The van der Waals surface area contributed by atoms with Crippen LogP contribution in [0.25, 0.3) is 0 Å². The molecule has 0 saturated heterocycles. The third-order valence-electron chi connectivity index (χ3n) is 3.11. The standard InChI is InChI=1S/C13H15ClN2O3/c14-11-5-8(13(15)19)1-2-9(11)6-16(7-12(17)18)10-3-4-10/h1-2,5,10H,3-4,6-7H2,(H2,15,19)(H,17,18). The van der Waals surface area contributed by atoms with E-state index in [0.717, 1.165) is 18.4 Å². The molecule has 1 aliphatic carbocycles. The first-order valence-corrected chi connectivity index (χ1v) is 6.39. The smallest absolute Gasteiger partial charge is 0.317 e. The minimum absolute atomic E-state index is 0.00142. The van der Waals surface area contributed by atoms with E-state index in [2.05, 4.69) is 0 Å². The predicted molar refractivity (Wildman–Crippen MR) is 71.0 cm³/mol.